The molecule has 0 radical (unpaired) electrons. The molecular formula is C14H12N6O. The highest BCUT2D eigenvalue weighted by atomic mass is 16.1. The molecule has 3 heterocycles. The summed E-state index contributed by atoms with van der Waals surface area (Å²) in [7, 11) is 1.82. The number of benzene rings is 1. The SMILES string of the molecule is Cn1nc(-c2ccc3c(c2)CC(=O)N3)c2c(N)ncnc21. The molecule has 0 saturated heterocycles. The molecule has 1 aliphatic rings. The van der Waals surface area contributed by atoms with Gasteiger partial charge in [0.1, 0.15) is 17.8 Å². The molecule has 7 heteroatoms. The van der Waals surface area contributed by atoms with Crippen molar-refractivity contribution >= 4 is 28.4 Å². The monoisotopic (exact) mass is 280 g/mol. The van der Waals surface area contributed by atoms with Gasteiger partial charge in [-0.25, -0.2) is 14.6 Å². The van der Waals surface area contributed by atoms with Crippen molar-refractivity contribution in [2.45, 2.75) is 6.42 Å². The fourth-order valence-electron chi connectivity index (χ4n) is 2.69. The van der Waals surface area contributed by atoms with Crippen LogP contribution in [0.4, 0.5) is 11.5 Å². The predicted octanol–water partition coefficient (Wildman–Crippen LogP) is 1.11. The van der Waals surface area contributed by atoms with Gasteiger partial charge in [0.15, 0.2) is 5.65 Å². The van der Waals surface area contributed by atoms with Gasteiger partial charge in [0, 0.05) is 18.3 Å². The van der Waals surface area contributed by atoms with E-state index in [1.807, 2.05) is 25.2 Å². The molecule has 2 aromatic heterocycles. The summed E-state index contributed by atoms with van der Waals surface area (Å²) >= 11 is 0. The standard InChI is InChI=1S/C14H12N6O/c1-20-14-11(13(15)16-6-17-14)12(19-20)7-2-3-9-8(4-7)5-10(21)18-9/h2-4,6H,5H2,1H3,(H,18,21)(H2,15,16,17). The summed E-state index contributed by atoms with van der Waals surface area (Å²) in [6.07, 6.45) is 1.81. The number of aryl methyl sites for hydroxylation is 1. The van der Waals surface area contributed by atoms with E-state index in [4.69, 9.17) is 5.73 Å². The number of nitrogens with one attached hydrogen (secondary N) is 1. The Kier molecular flexibility index (Phi) is 2.26. The number of carbonyl (C=O) groups is 1. The van der Waals surface area contributed by atoms with E-state index >= 15 is 0 Å². The van der Waals surface area contributed by atoms with E-state index in [1.54, 1.807) is 4.68 Å². The number of amides is 1. The number of nitrogens with zero attached hydrogens (tertiary/aromatic N) is 4. The Morgan fingerprint density at radius 1 is 1.33 bits per heavy atom. The van der Waals surface area contributed by atoms with E-state index in [0.717, 1.165) is 27.9 Å². The van der Waals surface area contributed by atoms with E-state index in [0.29, 0.717) is 17.9 Å². The Balaban J connectivity index is 1.96. The number of nitrogen functional groups attached to an aromatic ring is 1. The summed E-state index contributed by atoms with van der Waals surface area (Å²) < 4.78 is 1.68. The maximum atomic E-state index is 11.4. The zero-order valence-electron chi connectivity index (χ0n) is 11.3. The number of anilines is 2. The lowest BCUT2D eigenvalue weighted by atomic mass is 10.0. The van der Waals surface area contributed by atoms with Crippen molar-refractivity contribution in [1.29, 1.82) is 0 Å². The Morgan fingerprint density at radius 2 is 2.19 bits per heavy atom. The largest absolute Gasteiger partial charge is 0.383 e. The Bertz CT molecular complexity index is 898. The van der Waals surface area contributed by atoms with Crippen LogP contribution < -0.4 is 11.1 Å². The number of rotatable bonds is 1. The average molecular weight is 280 g/mol. The lowest BCUT2D eigenvalue weighted by molar-refractivity contribution is -0.115. The molecule has 1 aliphatic heterocycles. The molecule has 0 atom stereocenters. The maximum absolute atomic E-state index is 11.4. The molecule has 1 amide bonds. The number of hydrogen-bond donors (Lipinski definition) is 2. The second-order valence-electron chi connectivity index (χ2n) is 5.03. The van der Waals surface area contributed by atoms with E-state index in [1.165, 1.54) is 6.33 Å². The third-order valence-electron chi connectivity index (χ3n) is 3.65. The second-order valence-corrected chi connectivity index (χ2v) is 5.03. The molecule has 21 heavy (non-hydrogen) atoms. The van der Waals surface area contributed by atoms with Crippen LogP contribution in [0.2, 0.25) is 0 Å². The van der Waals surface area contributed by atoms with Crippen LogP contribution in [0.3, 0.4) is 0 Å². The molecule has 3 N–H and O–H groups in total. The molecule has 0 aliphatic carbocycles. The van der Waals surface area contributed by atoms with Crippen molar-refractivity contribution in [2.75, 3.05) is 11.1 Å². The molecule has 4 rings (SSSR count). The van der Waals surface area contributed by atoms with Crippen molar-refractivity contribution in [1.82, 2.24) is 19.7 Å². The minimum Gasteiger partial charge on any atom is -0.383 e. The third kappa shape index (κ3) is 1.67. The average Bonchev–Trinajstić information content (AvgIpc) is 2.99. The highest BCUT2D eigenvalue weighted by Crippen LogP contribution is 2.33. The highest BCUT2D eigenvalue weighted by molar-refractivity contribution is 6.02. The Hall–Kier alpha value is -2.96. The van der Waals surface area contributed by atoms with Crippen LogP contribution in [-0.2, 0) is 18.3 Å². The van der Waals surface area contributed by atoms with Gasteiger partial charge in [0.2, 0.25) is 5.91 Å². The van der Waals surface area contributed by atoms with Gasteiger partial charge in [-0.1, -0.05) is 6.07 Å². The first kappa shape index (κ1) is 11.8. The van der Waals surface area contributed by atoms with Gasteiger partial charge < -0.3 is 11.1 Å². The quantitative estimate of drug-likeness (QED) is 0.695. The summed E-state index contributed by atoms with van der Waals surface area (Å²) in [6.45, 7) is 0. The van der Waals surface area contributed by atoms with Crippen molar-refractivity contribution in [2.24, 2.45) is 7.05 Å². The molecule has 7 nitrogen and oxygen atoms in total. The number of aromatic nitrogens is 4. The zero-order chi connectivity index (χ0) is 14.6. The number of nitrogens with two attached hydrogens (primary N) is 1. The van der Waals surface area contributed by atoms with Crippen molar-refractivity contribution < 1.29 is 4.79 Å². The summed E-state index contributed by atoms with van der Waals surface area (Å²) in [5.74, 6) is 0.411. The van der Waals surface area contributed by atoms with Crippen LogP contribution in [0.5, 0.6) is 0 Å². The van der Waals surface area contributed by atoms with Gasteiger partial charge in [0.05, 0.1) is 11.8 Å². The minimum atomic E-state index is 0.0101. The third-order valence-corrected chi connectivity index (χ3v) is 3.65. The van der Waals surface area contributed by atoms with Crippen molar-refractivity contribution in [3.8, 4) is 11.3 Å². The van der Waals surface area contributed by atoms with Crippen LogP contribution in [-0.4, -0.2) is 25.7 Å². The van der Waals surface area contributed by atoms with Crippen LogP contribution in [0.15, 0.2) is 24.5 Å². The number of carbonyl (C=O) groups excluding carboxylic acids is 1. The molecule has 0 saturated carbocycles. The van der Waals surface area contributed by atoms with E-state index < -0.39 is 0 Å². The van der Waals surface area contributed by atoms with Gasteiger partial charge in [-0.05, 0) is 17.7 Å². The lowest BCUT2D eigenvalue weighted by Crippen LogP contribution is -2.03. The predicted molar refractivity (Wildman–Crippen MR) is 78.5 cm³/mol. The molecule has 0 fully saturated rings. The normalized spacial score (nSPS) is 13.5. The zero-order valence-corrected chi connectivity index (χ0v) is 11.3. The van der Waals surface area contributed by atoms with Gasteiger partial charge >= 0.3 is 0 Å². The summed E-state index contributed by atoms with van der Waals surface area (Å²) in [4.78, 5) is 19.7. The smallest absolute Gasteiger partial charge is 0.228 e. The van der Waals surface area contributed by atoms with Gasteiger partial charge in [-0.15, -0.1) is 0 Å². The molecule has 0 bridgehead atoms. The van der Waals surface area contributed by atoms with Gasteiger partial charge in [0.25, 0.3) is 0 Å². The number of hydrogen-bond acceptors (Lipinski definition) is 5. The molecule has 0 unspecified atom stereocenters. The minimum absolute atomic E-state index is 0.0101. The molecular weight excluding hydrogens is 268 g/mol. The maximum Gasteiger partial charge on any atom is 0.228 e. The van der Waals surface area contributed by atoms with E-state index in [2.05, 4.69) is 20.4 Å². The van der Waals surface area contributed by atoms with Crippen molar-refractivity contribution in [3.05, 3.63) is 30.1 Å². The van der Waals surface area contributed by atoms with Gasteiger partial charge in [-0.3, -0.25) is 4.79 Å². The molecule has 104 valence electrons. The summed E-state index contributed by atoms with van der Waals surface area (Å²) in [5.41, 5.74) is 10.1. The second kappa shape index (κ2) is 4.02. The summed E-state index contributed by atoms with van der Waals surface area (Å²) in [5, 5.41) is 8.04. The number of fused-ring (bicyclic) bond motifs is 2. The van der Waals surface area contributed by atoms with Crippen LogP contribution in [0.25, 0.3) is 22.3 Å². The lowest BCUT2D eigenvalue weighted by Gasteiger charge is -2.03. The molecule has 1 aromatic carbocycles. The highest BCUT2D eigenvalue weighted by Gasteiger charge is 2.20. The molecule has 0 spiro atoms. The van der Waals surface area contributed by atoms with E-state index in [-0.39, 0.29) is 5.91 Å². The van der Waals surface area contributed by atoms with Crippen LogP contribution in [0, 0.1) is 0 Å². The first-order valence-electron chi connectivity index (χ1n) is 6.50. The Labute approximate surface area is 119 Å². The van der Waals surface area contributed by atoms with Crippen LogP contribution >= 0.6 is 0 Å². The summed E-state index contributed by atoms with van der Waals surface area (Å²) in [6, 6.07) is 5.76. The Morgan fingerprint density at radius 3 is 3.05 bits per heavy atom. The topological polar surface area (TPSA) is 98.7 Å². The van der Waals surface area contributed by atoms with E-state index in [9.17, 15) is 4.79 Å². The fraction of sp³-hybridized carbons (Fsp3) is 0.143. The first-order valence-corrected chi connectivity index (χ1v) is 6.50. The fourth-order valence-corrected chi connectivity index (χ4v) is 2.69. The first-order chi connectivity index (χ1) is 10.1. The molecule has 3 aromatic rings. The van der Waals surface area contributed by atoms with Gasteiger partial charge in [-0.2, -0.15) is 5.10 Å². The van der Waals surface area contributed by atoms with Crippen molar-refractivity contribution in [3.63, 3.8) is 0 Å². The van der Waals surface area contributed by atoms with Crippen LogP contribution in [0.1, 0.15) is 5.56 Å².